The lowest BCUT2D eigenvalue weighted by atomic mass is 9.91. The predicted octanol–water partition coefficient (Wildman–Crippen LogP) is 1.09. The van der Waals surface area contributed by atoms with Crippen molar-refractivity contribution in [2.24, 2.45) is 5.92 Å². The molecule has 4 rings (SSSR count). The summed E-state index contributed by atoms with van der Waals surface area (Å²) in [6, 6.07) is 8.17. The van der Waals surface area contributed by atoms with Crippen LogP contribution in [0.3, 0.4) is 0 Å². The summed E-state index contributed by atoms with van der Waals surface area (Å²) in [4.78, 5) is 6.60. The fraction of sp³-hybridized carbons (Fsp3) is 0.591. The number of rotatable bonds is 7. The summed E-state index contributed by atoms with van der Waals surface area (Å²) in [5.41, 5.74) is -1.46. The Bertz CT molecular complexity index is 972. The van der Waals surface area contributed by atoms with Gasteiger partial charge in [0, 0.05) is 38.6 Å². The van der Waals surface area contributed by atoms with Crippen molar-refractivity contribution in [1.82, 2.24) is 18.8 Å². The van der Waals surface area contributed by atoms with E-state index >= 15 is 0 Å². The molecule has 0 saturated carbocycles. The molecule has 170 valence electrons. The van der Waals surface area contributed by atoms with E-state index in [0.717, 1.165) is 44.7 Å². The number of hydrogen-bond acceptors (Lipinski definition) is 6. The molecule has 0 amide bonds. The van der Waals surface area contributed by atoms with Crippen LogP contribution in [0.25, 0.3) is 0 Å². The number of imidazole rings is 1. The second-order valence-corrected chi connectivity index (χ2v) is 10.8. The Labute approximate surface area is 184 Å². The molecular weight excluding hydrogens is 416 g/mol. The molecule has 2 aliphatic rings. The van der Waals surface area contributed by atoms with Gasteiger partial charge in [-0.1, -0.05) is 18.2 Å². The third-order valence-electron chi connectivity index (χ3n) is 6.73. The quantitative estimate of drug-likeness (QED) is 0.658. The van der Waals surface area contributed by atoms with Crippen LogP contribution >= 0.6 is 0 Å². The molecule has 2 aliphatic heterocycles. The number of aromatic nitrogens is 2. The van der Waals surface area contributed by atoms with E-state index in [4.69, 9.17) is 0 Å². The maximum atomic E-state index is 12.9. The molecular formula is C22H32N4O4S. The number of aliphatic hydroxyl groups is 2. The standard InChI is InChI=1S/C22H32N4O4S/c1-18-23-10-14-25(18)13-9-19-7-11-24(12-8-19)16-22(28)17-26(15-21(22)27)31(29,30)20-5-3-2-4-6-20/h2-6,10,14,19,21,27-28H,7-9,11-13,15-17H2,1H3/t21-,22+/m1/s1. The van der Waals surface area contributed by atoms with Gasteiger partial charge in [-0.25, -0.2) is 13.4 Å². The Morgan fingerprint density at radius 3 is 2.55 bits per heavy atom. The van der Waals surface area contributed by atoms with E-state index in [1.54, 1.807) is 18.2 Å². The molecule has 0 spiro atoms. The van der Waals surface area contributed by atoms with Gasteiger partial charge in [0.05, 0.1) is 11.0 Å². The summed E-state index contributed by atoms with van der Waals surface area (Å²) < 4.78 is 29.1. The molecule has 3 heterocycles. The fourth-order valence-electron chi connectivity index (χ4n) is 4.70. The molecule has 9 heteroatoms. The van der Waals surface area contributed by atoms with E-state index in [0.29, 0.717) is 5.92 Å². The van der Waals surface area contributed by atoms with Crippen molar-refractivity contribution in [1.29, 1.82) is 0 Å². The number of nitrogens with zero attached hydrogens (tertiary/aromatic N) is 4. The third kappa shape index (κ3) is 4.85. The number of likely N-dealkylation sites (tertiary alicyclic amines) is 1. The van der Waals surface area contributed by atoms with Crippen LogP contribution < -0.4 is 0 Å². The number of β-amino-alcohol motifs (C(OH)–C–C–N with tert-alkyl or cyclic N) is 2. The van der Waals surface area contributed by atoms with Crippen LogP contribution in [0.1, 0.15) is 25.1 Å². The fourth-order valence-corrected chi connectivity index (χ4v) is 6.23. The van der Waals surface area contributed by atoms with Crippen molar-refractivity contribution < 1.29 is 18.6 Å². The molecule has 0 radical (unpaired) electrons. The van der Waals surface area contributed by atoms with Crippen molar-refractivity contribution in [2.75, 3.05) is 32.7 Å². The summed E-state index contributed by atoms with van der Waals surface area (Å²) in [5.74, 6) is 1.65. The first-order chi connectivity index (χ1) is 14.8. The highest BCUT2D eigenvalue weighted by Gasteiger charge is 2.49. The Hall–Kier alpha value is -1.78. The van der Waals surface area contributed by atoms with E-state index in [1.165, 1.54) is 16.4 Å². The predicted molar refractivity (Wildman–Crippen MR) is 117 cm³/mol. The summed E-state index contributed by atoms with van der Waals surface area (Å²) in [5, 5.41) is 21.6. The average molecular weight is 449 g/mol. The summed E-state index contributed by atoms with van der Waals surface area (Å²) in [6.07, 6.45) is 5.90. The molecule has 2 atom stereocenters. The van der Waals surface area contributed by atoms with Crippen LogP contribution in [0, 0.1) is 12.8 Å². The zero-order chi connectivity index (χ0) is 22.1. The molecule has 2 N–H and O–H groups in total. The molecule has 8 nitrogen and oxygen atoms in total. The molecule has 2 aromatic rings. The van der Waals surface area contributed by atoms with E-state index < -0.39 is 21.7 Å². The highest BCUT2D eigenvalue weighted by Crippen LogP contribution is 2.30. The molecule has 1 aromatic carbocycles. The SMILES string of the molecule is Cc1nccn1CCC1CCN(C[C@]2(O)CN(S(=O)(=O)c3ccccc3)C[C@H]2O)CC1. The van der Waals surface area contributed by atoms with E-state index in [1.807, 2.05) is 19.3 Å². The Balaban J connectivity index is 1.31. The molecule has 2 fully saturated rings. The molecule has 0 aliphatic carbocycles. The Morgan fingerprint density at radius 1 is 1.19 bits per heavy atom. The van der Waals surface area contributed by atoms with Gasteiger partial charge in [0.15, 0.2) is 0 Å². The second kappa shape index (κ2) is 8.99. The van der Waals surface area contributed by atoms with Gasteiger partial charge in [-0.05, 0) is 57.3 Å². The van der Waals surface area contributed by atoms with E-state index in [2.05, 4.69) is 14.5 Å². The first-order valence-corrected chi connectivity index (χ1v) is 12.4. The topological polar surface area (TPSA) is 98.9 Å². The molecule has 1 aromatic heterocycles. The third-order valence-corrected chi connectivity index (χ3v) is 8.56. The van der Waals surface area contributed by atoms with Gasteiger partial charge in [-0.15, -0.1) is 0 Å². The number of sulfonamides is 1. The lowest BCUT2D eigenvalue weighted by Gasteiger charge is -2.37. The molecule has 2 saturated heterocycles. The summed E-state index contributed by atoms with van der Waals surface area (Å²) >= 11 is 0. The maximum absolute atomic E-state index is 12.9. The van der Waals surface area contributed by atoms with Gasteiger partial charge in [0.1, 0.15) is 11.4 Å². The van der Waals surface area contributed by atoms with Crippen molar-refractivity contribution in [3.05, 3.63) is 48.5 Å². The monoisotopic (exact) mass is 448 g/mol. The summed E-state index contributed by atoms with van der Waals surface area (Å²) in [7, 11) is -3.74. The first-order valence-electron chi connectivity index (χ1n) is 10.9. The Kier molecular flexibility index (Phi) is 6.50. The van der Waals surface area contributed by atoms with Crippen molar-refractivity contribution in [3.63, 3.8) is 0 Å². The minimum Gasteiger partial charge on any atom is -0.389 e. The van der Waals surface area contributed by atoms with Crippen molar-refractivity contribution in [3.8, 4) is 0 Å². The van der Waals surface area contributed by atoms with Crippen LogP contribution in [0.15, 0.2) is 47.6 Å². The van der Waals surface area contributed by atoms with Crippen molar-refractivity contribution >= 4 is 10.0 Å². The molecule has 0 bridgehead atoms. The molecule has 0 unspecified atom stereocenters. The number of aryl methyl sites for hydroxylation is 2. The van der Waals surface area contributed by atoms with Crippen LogP contribution in [0.4, 0.5) is 0 Å². The normalized spacial score (nSPS) is 26.5. The minimum absolute atomic E-state index is 0.0888. The van der Waals surface area contributed by atoms with Crippen LogP contribution in [-0.4, -0.2) is 81.8 Å². The number of piperidine rings is 1. The van der Waals surface area contributed by atoms with E-state index in [9.17, 15) is 18.6 Å². The maximum Gasteiger partial charge on any atom is 0.243 e. The smallest absolute Gasteiger partial charge is 0.243 e. The van der Waals surface area contributed by atoms with Crippen LogP contribution in [-0.2, 0) is 16.6 Å². The molecule has 31 heavy (non-hydrogen) atoms. The highest BCUT2D eigenvalue weighted by atomic mass is 32.2. The van der Waals surface area contributed by atoms with Gasteiger partial charge < -0.3 is 19.7 Å². The van der Waals surface area contributed by atoms with Crippen LogP contribution in [0.2, 0.25) is 0 Å². The zero-order valence-corrected chi connectivity index (χ0v) is 18.8. The van der Waals surface area contributed by atoms with E-state index in [-0.39, 0.29) is 24.5 Å². The average Bonchev–Trinajstić information content (AvgIpc) is 3.31. The largest absolute Gasteiger partial charge is 0.389 e. The first kappa shape index (κ1) is 22.4. The number of aliphatic hydroxyl groups excluding tert-OH is 1. The number of hydrogen-bond donors (Lipinski definition) is 2. The Morgan fingerprint density at radius 2 is 1.90 bits per heavy atom. The lowest BCUT2D eigenvalue weighted by Crippen LogP contribution is -2.53. The number of benzene rings is 1. The van der Waals surface area contributed by atoms with Crippen molar-refractivity contribution in [2.45, 2.75) is 49.3 Å². The van der Waals surface area contributed by atoms with Gasteiger partial charge in [0.2, 0.25) is 10.0 Å². The van der Waals surface area contributed by atoms with Crippen LogP contribution in [0.5, 0.6) is 0 Å². The van der Waals surface area contributed by atoms with Gasteiger partial charge in [-0.2, -0.15) is 4.31 Å². The minimum atomic E-state index is -3.74. The second-order valence-electron chi connectivity index (χ2n) is 8.91. The van der Waals surface area contributed by atoms with Gasteiger partial charge in [0.25, 0.3) is 0 Å². The van der Waals surface area contributed by atoms with Gasteiger partial charge in [-0.3, -0.25) is 0 Å². The summed E-state index contributed by atoms with van der Waals surface area (Å²) in [6.45, 7) is 4.76. The zero-order valence-electron chi connectivity index (χ0n) is 18.0. The van der Waals surface area contributed by atoms with Gasteiger partial charge >= 0.3 is 0 Å². The highest BCUT2D eigenvalue weighted by molar-refractivity contribution is 7.89. The lowest BCUT2D eigenvalue weighted by molar-refractivity contribution is -0.0653.